The Hall–Kier alpha value is -1.64. The van der Waals surface area contributed by atoms with Crippen LogP contribution in [0.15, 0.2) is 30.3 Å². The van der Waals surface area contributed by atoms with E-state index in [0.29, 0.717) is 12.8 Å². The zero-order chi connectivity index (χ0) is 10.8. The summed E-state index contributed by atoms with van der Waals surface area (Å²) in [6, 6.07) is 9.17. The molecule has 1 aliphatic rings. The Labute approximate surface area is 87.7 Å². The van der Waals surface area contributed by atoms with E-state index in [2.05, 4.69) is 0 Å². The van der Waals surface area contributed by atoms with Crippen molar-refractivity contribution in [1.29, 1.82) is 0 Å². The minimum absolute atomic E-state index is 0.0496. The summed E-state index contributed by atoms with van der Waals surface area (Å²) in [4.78, 5) is 22.6. The van der Waals surface area contributed by atoms with Gasteiger partial charge in [-0.15, -0.1) is 0 Å². The molecule has 2 atom stereocenters. The van der Waals surface area contributed by atoms with E-state index in [4.69, 9.17) is 5.11 Å². The van der Waals surface area contributed by atoms with Gasteiger partial charge in [0.15, 0.2) is 0 Å². The van der Waals surface area contributed by atoms with Gasteiger partial charge in [-0.05, 0) is 12.0 Å². The molecule has 0 amide bonds. The van der Waals surface area contributed by atoms with Crippen molar-refractivity contribution in [3.63, 3.8) is 0 Å². The second kappa shape index (κ2) is 3.85. The number of carbonyl (C=O) groups is 2. The summed E-state index contributed by atoms with van der Waals surface area (Å²) in [6.45, 7) is 0. The molecular formula is C12H12O3. The second-order valence-corrected chi connectivity index (χ2v) is 3.84. The van der Waals surface area contributed by atoms with Crippen molar-refractivity contribution in [2.24, 2.45) is 5.92 Å². The molecule has 15 heavy (non-hydrogen) atoms. The first kappa shape index (κ1) is 9.90. The molecular weight excluding hydrogens is 192 g/mol. The lowest BCUT2D eigenvalue weighted by atomic mass is 9.88. The van der Waals surface area contributed by atoms with E-state index >= 15 is 0 Å². The minimum atomic E-state index is -0.866. The fourth-order valence-corrected chi connectivity index (χ4v) is 2.19. The molecule has 1 aromatic carbocycles. The Balaban J connectivity index is 2.33. The number of carboxylic acids is 1. The van der Waals surface area contributed by atoms with Crippen molar-refractivity contribution in [2.45, 2.75) is 18.8 Å². The number of rotatable bonds is 2. The molecule has 1 aromatic rings. The van der Waals surface area contributed by atoms with E-state index in [1.165, 1.54) is 0 Å². The van der Waals surface area contributed by atoms with Crippen LogP contribution in [0.25, 0.3) is 0 Å². The number of ketones is 1. The van der Waals surface area contributed by atoms with Crippen molar-refractivity contribution in [3.05, 3.63) is 35.9 Å². The largest absolute Gasteiger partial charge is 0.481 e. The lowest BCUT2D eigenvalue weighted by molar-refractivity contribution is -0.142. The van der Waals surface area contributed by atoms with Crippen molar-refractivity contribution in [2.75, 3.05) is 0 Å². The lowest BCUT2D eigenvalue weighted by Crippen LogP contribution is -2.20. The number of carboxylic acid groups (broad SMARTS) is 1. The van der Waals surface area contributed by atoms with Crippen LogP contribution in [0.5, 0.6) is 0 Å². The second-order valence-electron chi connectivity index (χ2n) is 3.84. The quantitative estimate of drug-likeness (QED) is 0.799. The van der Waals surface area contributed by atoms with E-state index in [1.807, 2.05) is 30.3 Å². The van der Waals surface area contributed by atoms with Crippen molar-refractivity contribution >= 4 is 11.8 Å². The van der Waals surface area contributed by atoms with Gasteiger partial charge in [0.2, 0.25) is 0 Å². The predicted octanol–water partition coefficient (Wildman–Crippen LogP) is 1.83. The topological polar surface area (TPSA) is 54.4 Å². The summed E-state index contributed by atoms with van der Waals surface area (Å²) in [6.07, 6.45) is 0.851. The molecule has 1 fully saturated rings. The molecule has 0 heterocycles. The Kier molecular flexibility index (Phi) is 2.54. The van der Waals surface area contributed by atoms with Crippen LogP contribution in [0.4, 0.5) is 0 Å². The molecule has 3 nitrogen and oxygen atoms in total. The van der Waals surface area contributed by atoms with E-state index in [0.717, 1.165) is 5.56 Å². The molecule has 0 aliphatic heterocycles. The van der Waals surface area contributed by atoms with Crippen LogP contribution in [-0.4, -0.2) is 16.9 Å². The van der Waals surface area contributed by atoms with E-state index in [9.17, 15) is 9.59 Å². The molecule has 2 rings (SSSR count). The first-order valence-electron chi connectivity index (χ1n) is 5.00. The number of carbonyl (C=O) groups excluding carboxylic acids is 1. The Morgan fingerprint density at radius 2 is 1.93 bits per heavy atom. The molecule has 0 bridgehead atoms. The van der Waals surface area contributed by atoms with Crippen molar-refractivity contribution in [3.8, 4) is 0 Å². The monoisotopic (exact) mass is 204 g/mol. The zero-order valence-corrected chi connectivity index (χ0v) is 8.22. The maximum Gasteiger partial charge on any atom is 0.307 e. The van der Waals surface area contributed by atoms with Crippen LogP contribution in [-0.2, 0) is 9.59 Å². The number of aliphatic carboxylic acids is 1. The van der Waals surface area contributed by atoms with Crippen LogP contribution < -0.4 is 0 Å². The summed E-state index contributed by atoms with van der Waals surface area (Å²) < 4.78 is 0. The van der Waals surface area contributed by atoms with Gasteiger partial charge in [-0.1, -0.05) is 30.3 Å². The number of hydrogen-bond acceptors (Lipinski definition) is 2. The van der Waals surface area contributed by atoms with Gasteiger partial charge in [-0.3, -0.25) is 9.59 Å². The van der Waals surface area contributed by atoms with Gasteiger partial charge >= 0.3 is 5.97 Å². The molecule has 78 valence electrons. The molecule has 0 radical (unpaired) electrons. The fourth-order valence-electron chi connectivity index (χ4n) is 2.19. The highest BCUT2D eigenvalue weighted by Crippen LogP contribution is 2.36. The number of Topliss-reactive ketones (excluding diaryl/α,β-unsaturated/α-hetero) is 1. The molecule has 0 saturated heterocycles. The van der Waals surface area contributed by atoms with Crippen LogP contribution in [0.1, 0.15) is 24.3 Å². The fraction of sp³-hybridized carbons (Fsp3) is 0.333. The summed E-state index contributed by atoms with van der Waals surface area (Å²) in [5.41, 5.74) is 0.826. The molecule has 1 N–H and O–H groups in total. The maximum atomic E-state index is 11.6. The van der Waals surface area contributed by atoms with Crippen molar-refractivity contribution < 1.29 is 14.7 Å². The van der Waals surface area contributed by atoms with Gasteiger partial charge in [-0.2, -0.15) is 0 Å². The third kappa shape index (κ3) is 1.77. The summed E-state index contributed by atoms with van der Waals surface area (Å²) >= 11 is 0. The smallest absolute Gasteiger partial charge is 0.307 e. The first-order chi connectivity index (χ1) is 7.20. The molecule has 3 heteroatoms. The molecule has 0 spiro atoms. The van der Waals surface area contributed by atoms with Crippen LogP contribution in [0, 0.1) is 5.92 Å². The van der Waals surface area contributed by atoms with Gasteiger partial charge in [0, 0.05) is 6.42 Å². The van der Waals surface area contributed by atoms with Crippen molar-refractivity contribution in [1.82, 2.24) is 0 Å². The summed E-state index contributed by atoms with van der Waals surface area (Å²) in [5, 5.41) is 9.01. The van der Waals surface area contributed by atoms with Gasteiger partial charge in [0.25, 0.3) is 0 Å². The zero-order valence-electron chi connectivity index (χ0n) is 8.22. The SMILES string of the molecule is O=C(O)[C@H]1CCC(=O)[C@@H]1c1ccccc1. The van der Waals surface area contributed by atoms with E-state index in [-0.39, 0.29) is 5.78 Å². The predicted molar refractivity (Wildman–Crippen MR) is 54.5 cm³/mol. The van der Waals surface area contributed by atoms with Crippen LogP contribution >= 0.6 is 0 Å². The minimum Gasteiger partial charge on any atom is -0.481 e. The Bertz CT molecular complexity index is 383. The van der Waals surface area contributed by atoms with Gasteiger partial charge in [0.1, 0.15) is 5.78 Å². The van der Waals surface area contributed by atoms with Gasteiger partial charge in [0.05, 0.1) is 11.8 Å². The third-order valence-electron chi connectivity index (χ3n) is 2.93. The standard InChI is InChI=1S/C12H12O3/c13-10-7-6-9(12(14)15)11(10)8-4-2-1-3-5-8/h1-5,9,11H,6-7H2,(H,14,15)/t9-,11+/m0/s1. The third-order valence-corrected chi connectivity index (χ3v) is 2.93. The summed E-state index contributed by atoms with van der Waals surface area (Å²) in [7, 11) is 0. The molecule has 0 unspecified atom stereocenters. The first-order valence-corrected chi connectivity index (χ1v) is 5.00. The Morgan fingerprint density at radius 1 is 1.27 bits per heavy atom. The lowest BCUT2D eigenvalue weighted by Gasteiger charge is -2.14. The Morgan fingerprint density at radius 3 is 2.53 bits per heavy atom. The highest BCUT2D eigenvalue weighted by atomic mass is 16.4. The highest BCUT2D eigenvalue weighted by molar-refractivity contribution is 5.93. The molecule has 1 saturated carbocycles. The number of benzene rings is 1. The average molecular weight is 204 g/mol. The normalized spacial score (nSPS) is 25.5. The molecule has 1 aliphatic carbocycles. The van der Waals surface area contributed by atoms with Crippen LogP contribution in [0.2, 0.25) is 0 Å². The number of hydrogen-bond donors (Lipinski definition) is 1. The molecule has 0 aromatic heterocycles. The average Bonchev–Trinajstić information content (AvgIpc) is 2.61. The summed E-state index contributed by atoms with van der Waals surface area (Å²) in [5.74, 6) is -1.80. The van der Waals surface area contributed by atoms with E-state index in [1.54, 1.807) is 0 Å². The highest BCUT2D eigenvalue weighted by Gasteiger charge is 2.39. The van der Waals surface area contributed by atoms with E-state index < -0.39 is 17.8 Å². The van der Waals surface area contributed by atoms with Gasteiger partial charge < -0.3 is 5.11 Å². The van der Waals surface area contributed by atoms with Crippen LogP contribution in [0.3, 0.4) is 0 Å². The maximum absolute atomic E-state index is 11.6. The van der Waals surface area contributed by atoms with Gasteiger partial charge in [-0.25, -0.2) is 0 Å².